The first kappa shape index (κ1) is 17.9. The molecule has 1 atom stereocenters. The Balaban J connectivity index is 1.51. The third-order valence-corrected chi connectivity index (χ3v) is 3.97. The van der Waals surface area contributed by atoms with Gasteiger partial charge in [-0.1, -0.05) is 11.8 Å². The van der Waals surface area contributed by atoms with Crippen molar-refractivity contribution in [3.8, 4) is 5.75 Å². The number of rotatable bonds is 4. The lowest BCUT2D eigenvalue weighted by Crippen LogP contribution is -2.38. The first-order valence-electron chi connectivity index (χ1n) is 7.08. The molecular formula is C14H10F3N5O3S. The summed E-state index contributed by atoms with van der Waals surface area (Å²) in [6.45, 7) is 0. The molecule has 0 aliphatic carbocycles. The number of amidine groups is 1. The molecule has 1 unspecified atom stereocenters. The summed E-state index contributed by atoms with van der Waals surface area (Å²) in [6, 6.07) is 4.72. The fourth-order valence-electron chi connectivity index (χ4n) is 2.02. The monoisotopic (exact) mass is 385 g/mol. The molecule has 0 saturated heterocycles. The highest BCUT2D eigenvalue weighted by Crippen LogP contribution is 2.24. The van der Waals surface area contributed by atoms with E-state index >= 15 is 0 Å². The minimum Gasteiger partial charge on any atom is -0.406 e. The maximum absolute atomic E-state index is 12.1. The second-order valence-corrected chi connectivity index (χ2v) is 5.95. The fourth-order valence-corrected chi connectivity index (χ4v) is 2.69. The van der Waals surface area contributed by atoms with Crippen LogP contribution in [0.2, 0.25) is 0 Å². The average molecular weight is 385 g/mol. The first-order chi connectivity index (χ1) is 12.3. The minimum atomic E-state index is -4.78. The molecule has 1 aromatic carbocycles. The first-order valence-corrected chi connectivity index (χ1v) is 8.06. The Bertz CT molecular complexity index is 820. The van der Waals surface area contributed by atoms with Crippen LogP contribution in [-0.4, -0.2) is 35.3 Å². The Labute approximate surface area is 148 Å². The summed E-state index contributed by atoms with van der Waals surface area (Å²) < 4.78 is 40.0. The van der Waals surface area contributed by atoms with Gasteiger partial charge in [0.1, 0.15) is 5.75 Å². The number of fused-ring (bicyclic) bond motifs is 1. The Morgan fingerprint density at radius 3 is 2.73 bits per heavy atom. The van der Waals surface area contributed by atoms with Crippen LogP contribution in [0, 0.1) is 0 Å². The van der Waals surface area contributed by atoms with Crippen LogP contribution in [0.4, 0.5) is 18.9 Å². The van der Waals surface area contributed by atoms with E-state index in [9.17, 15) is 22.8 Å². The number of hydrogen-bond donors (Lipinski definition) is 2. The van der Waals surface area contributed by atoms with Crippen LogP contribution < -0.4 is 15.4 Å². The van der Waals surface area contributed by atoms with Gasteiger partial charge in [-0.05, 0) is 24.3 Å². The molecule has 2 N–H and O–H groups in total. The molecule has 0 saturated carbocycles. The van der Waals surface area contributed by atoms with Gasteiger partial charge < -0.3 is 15.4 Å². The van der Waals surface area contributed by atoms with E-state index in [1.165, 1.54) is 18.3 Å². The molecule has 3 rings (SSSR count). The molecule has 12 heteroatoms. The highest BCUT2D eigenvalue weighted by Gasteiger charge is 2.31. The number of azo groups is 1. The van der Waals surface area contributed by atoms with Crippen molar-refractivity contribution in [1.82, 2.24) is 5.32 Å². The Kier molecular flexibility index (Phi) is 4.93. The SMILES string of the molecule is O=C(CSC1=NC2N=NC=C2C(=O)N1)Nc1ccc(OC(F)(F)F)cc1. The van der Waals surface area contributed by atoms with Crippen LogP contribution >= 0.6 is 11.8 Å². The second kappa shape index (κ2) is 7.15. The van der Waals surface area contributed by atoms with Crippen molar-refractivity contribution in [2.75, 3.05) is 11.1 Å². The van der Waals surface area contributed by atoms with Crippen LogP contribution in [0.5, 0.6) is 5.75 Å². The largest absolute Gasteiger partial charge is 0.573 e. The van der Waals surface area contributed by atoms with E-state index in [0.29, 0.717) is 11.3 Å². The molecule has 1 aromatic rings. The Morgan fingerprint density at radius 2 is 2.04 bits per heavy atom. The number of carbonyl (C=O) groups excluding carboxylic acids is 2. The lowest BCUT2D eigenvalue weighted by atomic mass is 10.2. The van der Waals surface area contributed by atoms with Gasteiger partial charge in [0.2, 0.25) is 5.91 Å². The van der Waals surface area contributed by atoms with E-state index in [1.807, 2.05) is 0 Å². The standard InChI is InChI=1S/C14H10F3N5O3S/c15-14(16,17)25-8-3-1-7(2-4-8)19-10(23)6-26-13-20-11-9(5-18-22-11)12(24)21-13/h1-5,11H,6H2,(H,19,23)(H,20,21,24). The molecule has 26 heavy (non-hydrogen) atoms. The van der Waals surface area contributed by atoms with Gasteiger partial charge in [-0.3, -0.25) is 9.59 Å². The van der Waals surface area contributed by atoms with Crippen molar-refractivity contribution in [3.05, 3.63) is 36.0 Å². The van der Waals surface area contributed by atoms with Gasteiger partial charge in [-0.2, -0.15) is 10.2 Å². The number of nitrogens with zero attached hydrogens (tertiary/aromatic N) is 3. The smallest absolute Gasteiger partial charge is 0.406 e. The number of carbonyl (C=O) groups is 2. The van der Waals surface area contributed by atoms with Crippen molar-refractivity contribution in [1.29, 1.82) is 0 Å². The molecule has 0 spiro atoms. The molecule has 0 bridgehead atoms. The van der Waals surface area contributed by atoms with Crippen LogP contribution in [0.25, 0.3) is 0 Å². The van der Waals surface area contributed by atoms with Crippen LogP contribution in [0.1, 0.15) is 0 Å². The number of thioether (sulfide) groups is 1. The van der Waals surface area contributed by atoms with Gasteiger partial charge in [0.15, 0.2) is 11.3 Å². The molecule has 8 nitrogen and oxygen atoms in total. The van der Waals surface area contributed by atoms with E-state index in [1.54, 1.807) is 0 Å². The number of benzene rings is 1. The summed E-state index contributed by atoms with van der Waals surface area (Å²) in [4.78, 5) is 27.8. The molecular weight excluding hydrogens is 375 g/mol. The fraction of sp³-hybridized carbons (Fsp3) is 0.214. The van der Waals surface area contributed by atoms with Gasteiger partial charge in [0, 0.05) is 5.69 Å². The summed E-state index contributed by atoms with van der Waals surface area (Å²) in [6.07, 6.45) is -4.14. The summed E-state index contributed by atoms with van der Waals surface area (Å²) >= 11 is 0.992. The van der Waals surface area contributed by atoms with Gasteiger partial charge in [0.25, 0.3) is 5.91 Å². The maximum Gasteiger partial charge on any atom is 0.573 e. The minimum absolute atomic E-state index is 0.0666. The van der Waals surface area contributed by atoms with Gasteiger partial charge >= 0.3 is 6.36 Å². The molecule has 136 valence electrons. The molecule has 2 aliphatic rings. The predicted molar refractivity (Wildman–Crippen MR) is 86.5 cm³/mol. The number of nitrogens with one attached hydrogen (secondary N) is 2. The van der Waals surface area contributed by atoms with E-state index in [2.05, 4.69) is 30.6 Å². The maximum atomic E-state index is 12.1. The van der Waals surface area contributed by atoms with Crippen molar-refractivity contribution in [3.63, 3.8) is 0 Å². The number of hydrogen-bond acceptors (Lipinski definition) is 7. The number of anilines is 1. The molecule has 2 amide bonds. The van der Waals surface area contributed by atoms with Gasteiger partial charge in [-0.25, -0.2) is 4.99 Å². The van der Waals surface area contributed by atoms with Crippen molar-refractivity contribution >= 4 is 34.4 Å². The predicted octanol–water partition coefficient (Wildman–Crippen LogP) is 2.42. The number of alkyl halides is 3. The van der Waals surface area contributed by atoms with Crippen molar-refractivity contribution < 1.29 is 27.5 Å². The highest BCUT2D eigenvalue weighted by atomic mass is 32.2. The third-order valence-electron chi connectivity index (χ3n) is 3.08. The number of halogens is 3. The Hall–Kier alpha value is -2.89. The van der Waals surface area contributed by atoms with E-state index in [0.717, 1.165) is 23.9 Å². The number of amides is 2. The normalized spacial score (nSPS) is 18.6. The topological polar surface area (TPSA) is 105 Å². The molecule has 0 aromatic heterocycles. The summed E-state index contributed by atoms with van der Waals surface area (Å²) in [5.41, 5.74) is 0.634. The highest BCUT2D eigenvalue weighted by molar-refractivity contribution is 8.14. The summed E-state index contributed by atoms with van der Waals surface area (Å²) in [7, 11) is 0. The lowest BCUT2D eigenvalue weighted by Gasteiger charge is -2.16. The van der Waals surface area contributed by atoms with E-state index in [-0.39, 0.29) is 16.8 Å². The second-order valence-electron chi connectivity index (χ2n) is 4.99. The van der Waals surface area contributed by atoms with Gasteiger partial charge in [-0.15, -0.1) is 13.2 Å². The Morgan fingerprint density at radius 1 is 1.31 bits per heavy atom. The van der Waals surface area contributed by atoms with E-state index in [4.69, 9.17) is 0 Å². The van der Waals surface area contributed by atoms with Crippen molar-refractivity contribution in [2.45, 2.75) is 12.5 Å². The lowest BCUT2D eigenvalue weighted by molar-refractivity contribution is -0.274. The number of ether oxygens (including phenoxy) is 1. The average Bonchev–Trinajstić information content (AvgIpc) is 3.03. The molecule has 2 aliphatic heterocycles. The van der Waals surface area contributed by atoms with E-state index < -0.39 is 24.2 Å². The zero-order valence-electron chi connectivity index (χ0n) is 12.8. The molecule has 0 radical (unpaired) electrons. The quantitative estimate of drug-likeness (QED) is 0.830. The van der Waals surface area contributed by atoms with Crippen LogP contribution in [-0.2, 0) is 9.59 Å². The molecule has 0 fully saturated rings. The zero-order valence-corrected chi connectivity index (χ0v) is 13.6. The summed E-state index contributed by atoms with van der Waals surface area (Å²) in [5.74, 6) is -1.26. The summed E-state index contributed by atoms with van der Waals surface area (Å²) in [5, 5.41) is 12.7. The van der Waals surface area contributed by atoms with Crippen LogP contribution in [0.15, 0.2) is 51.3 Å². The van der Waals surface area contributed by atoms with Gasteiger partial charge in [0.05, 0.1) is 17.5 Å². The zero-order chi connectivity index (χ0) is 18.7. The number of aliphatic imine (C=N–C) groups is 1. The van der Waals surface area contributed by atoms with Crippen LogP contribution in [0.3, 0.4) is 0 Å². The third kappa shape index (κ3) is 4.59. The van der Waals surface area contributed by atoms with Crippen molar-refractivity contribution in [2.24, 2.45) is 15.2 Å². The molecule has 2 heterocycles.